The number of aromatic nitrogens is 2. The number of benzene rings is 2. The van der Waals surface area contributed by atoms with Gasteiger partial charge in [0.15, 0.2) is 27.2 Å². The number of hydrogen-bond acceptors (Lipinski definition) is 6. The summed E-state index contributed by atoms with van der Waals surface area (Å²) in [6.07, 6.45) is 2.46. The molecule has 1 aromatic heterocycles. The Hall–Kier alpha value is -3.11. The van der Waals surface area contributed by atoms with Gasteiger partial charge in [0.05, 0.1) is 35.6 Å². The van der Waals surface area contributed by atoms with Crippen molar-refractivity contribution < 1.29 is 26.7 Å². The Morgan fingerprint density at radius 3 is 2.26 bits per heavy atom. The molecule has 1 atom stereocenters. The Labute approximate surface area is 203 Å². The highest BCUT2D eigenvalue weighted by molar-refractivity contribution is 7.90. The molecule has 3 rings (SSSR count). The van der Waals surface area contributed by atoms with Gasteiger partial charge >= 0.3 is 5.56 Å². The zero-order valence-electron chi connectivity index (χ0n) is 20.2. The van der Waals surface area contributed by atoms with Crippen LogP contribution in [0.2, 0.25) is 0 Å². The SMILES string of the molecule is CC(COc1c(-c2ccc(S(C)(=O)=O)cc2)cnn(-c2ccc(F)c(F)c2)c1=O)COC(C)(C)C. The molecule has 7 nitrogen and oxygen atoms in total. The van der Waals surface area contributed by atoms with Gasteiger partial charge in [-0.1, -0.05) is 19.1 Å². The second-order valence-electron chi connectivity index (χ2n) is 9.34. The maximum atomic E-state index is 13.8. The Kier molecular flexibility index (Phi) is 7.76. The van der Waals surface area contributed by atoms with Crippen molar-refractivity contribution in [1.82, 2.24) is 9.78 Å². The van der Waals surface area contributed by atoms with Crippen LogP contribution in [0.1, 0.15) is 27.7 Å². The van der Waals surface area contributed by atoms with Crippen LogP contribution in [0.4, 0.5) is 8.78 Å². The van der Waals surface area contributed by atoms with Crippen LogP contribution in [0.3, 0.4) is 0 Å². The van der Waals surface area contributed by atoms with Gasteiger partial charge in [-0.25, -0.2) is 17.2 Å². The average Bonchev–Trinajstić information content (AvgIpc) is 2.77. The Morgan fingerprint density at radius 2 is 1.69 bits per heavy atom. The van der Waals surface area contributed by atoms with E-state index in [-0.39, 0.29) is 34.5 Å². The molecule has 188 valence electrons. The summed E-state index contributed by atoms with van der Waals surface area (Å²) in [7, 11) is -3.40. The molecule has 0 radical (unpaired) electrons. The first kappa shape index (κ1) is 26.5. The zero-order valence-corrected chi connectivity index (χ0v) is 21.0. The monoisotopic (exact) mass is 506 g/mol. The van der Waals surface area contributed by atoms with Crippen LogP contribution < -0.4 is 10.3 Å². The first-order valence-electron chi connectivity index (χ1n) is 10.9. The highest BCUT2D eigenvalue weighted by atomic mass is 32.2. The van der Waals surface area contributed by atoms with E-state index in [1.807, 2.05) is 27.7 Å². The van der Waals surface area contributed by atoms with Gasteiger partial charge in [-0.3, -0.25) is 4.79 Å². The summed E-state index contributed by atoms with van der Waals surface area (Å²) in [6.45, 7) is 8.24. The summed E-state index contributed by atoms with van der Waals surface area (Å²) < 4.78 is 63.4. The van der Waals surface area contributed by atoms with Gasteiger partial charge < -0.3 is 9.47 Å². The summed E-state index contributed by atoms with van der Waals surface area (Å²) in [4.78, 5) is 13.5. The van der Waals surface area contributed by atoms with E-state index in [2.05, 4.69) is 5.10 Å². The van der Waals surface area contributed by atoms with Crippen molar-refractivity contribution in [3.8, 4) is 22.6 Å². The van der Waals surface area contributed by atoms with E-state index < -0.39 is 27.0 Å². The third kappa shape index (κ3) is 6.73. The van der Waals surface area contributed by atoms with Gasteiger partial charge in [-0.2, -0.15) is 9.78 Å². The number of rotatable bonds is 8. The Bertz CT molecular complexity index is 1360. The highest BCUT2D eigenvalue weighted by Crippen LogP contribution is 2.28. The van der Waals surface area contributed by atoms with E-state index >= 15 is 0 Å². The van der Waals surface area contributed by atoms with Gasteiger partial charge in [0.25, 0.3) is 0 Å². The lowest BCUT2D eigenvalue weighted by Gasteiger charge is -2.23. The fraction of sp³-hybridized carbons (Fsp3) is 0.360. The van der Waals surface area contributed by atoms with Gasteiger partial charge in [0.2, 0.25) is 0 Å². The van der Waals surface area contributed by atoms with Crippen molar-refractivity contribution in [2.45, 2.75) is 38.2 Å². The lowest BCUT2D eigenvalue weighted by Crippen LogP contribution is -2.28. The standard InChI is InChI=1S/C25H28F2N2O5S/c1-16(15-34-25(2,3)4)14-33-23-20(17-6-9-19(10-7-17)35(5,31)32)13-28-29(24(23)30)18-8-11-21(26)22(27)12-18/h6-13,16H,14-15H2,1-5H3. The summed E-state index contributed by atoms with van der Waals surface area (Å²) in [5.74, 6) is -2.29. The minimum absolute atomic E-state index is 0.0295. The minimum Gasteiger partial charge on any atom is -0.487 e. The third-order valence-electron chi connectivity index (χ3n) is 4.99. The van der Waals surface area contributed by atoms with Crippen LogP contribution in [0, 0.1) is 17.6 Å². The van der Waals surface area contributed by atoms with E-state index in [4.69, 9.17) is 9.47 Å². The summed E-state index contributed by atoms with van der Waals surface area (Å²) in [6, 6.07) is 8.96. The maximum Gasteiger partial charge on any atom is 0.314 e. The Balaban J connectivity index is 2.03. The second-order valence-corrected chi connectivity index (χ2v) is 11.4. The molecule has 1 unspecified atom stereocenters. The molecule has 2 aromatic carbocycles. The number of ether oxygens (including phenoxy) is 2. The molecule has 10 heteroatoms. The predicted octanol–water partition coefficient (Wildman–Crippen LogP) is 4.41. The summed E-state index contributed by atoms with van der Waals surface area (Å²) in [5, 5.41) is 4.12. The molecule has 0 amide bonds. The average molecular weight is 507 g/mol. The van der Waals surface area contributed by atoms with E-state index in [1.54, 1.807) is 12.1 Å². The molecule has 0 aliphatic rings. The lowest BCUT2D eigenvalue weighted by atomic mass is 10.1. The summed E-state index contributed by atoms with van der Waals surface area (Å²) >= 11 is 0. The molecule has 1 heterocycles. The minimum atomic E-state index is -3.40. The van der Waals surface area contributed by atoms with Crippen LogP contribution in [-0.4, -0.2) is 43.3 Å². The fourth-order valence-corrected chi connectivity index (χ4v) is 3.76. The first-order valence-corrected chi connectivity index (χ1v) is 12.8. The van der Waals surface area contributed by atoms with Crippen LogP contribution in [0.15, 0.2) is 58.4 Å². The van der Waals surface area contributed by atoms with Crippen molar-refractivity contribution >= 4 is 9.84 Å². The van der Waals surface area contributed by atoms with Gasteiger partial charge in [-0.15, -0.1) is 0 Å². The molecule has 0 spiro atoms. The molecule has 35 heavy (non-hydrogen) atoms. The fourth-order valence-electron chi connectivity index (χ4n) is 3.13. The first-order chi connectivity index (χ1) is 16.3. The molecule has 0 bridgehead atoms. The zero-order chi connectivity index (χ0) is 26.0. The van der Waals surface area contributed by atoms with Crippen molar-refractivity contribution in [1.29, 1.82) is 0 Å². The molecule has 0 saturated carbocycles. The summed E-state index contributed by atoms with van der Waals surface area (Å²) in [5.41, 5.74) is -0.145. The molecule has 3 aromatic rings. The van der Waals surface area contributed by atoms with E-state index in [0.29, 0.717) is 17.7 Å². The van der Waals surface area contributed by atoms with E-state index in [0.717, 1.165) is 23.1 Å². The highest BCUT2D eigenvalue weighted by Gasteiger charge is 2.19. The van der Waals surface area contributed by atoms with Crippen molar-refractivity contribution in [2.24, 2.45) is 5.92 Å². The van der Waals surface area contributed by atoms with Crippen molar-refractivity contribution in [3.05, 3.63) is 70.6 Å². The van der Waals surface area contributed by atoms with Crippen LogP contribution >= 0.6 is 0 Å². The van der Waals surface area contributed by atoms with Crippen molar-refractivity contribution in [2.75, 3.05) is 19.5 Å². The van der Waals surface area contributed by atoms with Crippen molar-refractivity contribution in [3.63, 3.8) is 0 Å². The molecule has 0 fully saturated rings. The third-order valence-corrected chi connectivity index (χ3v) is 6.12. The number of hydrogen-bond donors (Lipinski definition) is 0. The molecular weight excluding hydrogens is 478 g/mol. The number of nitrogens with zero attached hydrogens (tertiary/aromatic N) is 2. The molecular formula is C25H28F2N2O5S. The lowest BCUT2D eigenvalue weighted by molar-refractivity contribution is -0.0258. The van der Waals surface area contributed by atoms with Gasteiger partial charge in [-0.05, 0) is 50.6 Å². The number of halogens is 2. The van der Waals surface area contributed by atoms with Gasteiger partial charge in [0, 0.05) is 23.8 Å². The molecule has 0 saturated heterocycles. The van der Waals surface area contributed by atoms with Crippen LogP contribution in [-0.2, 0) is 14.6 Å². The number of sulfone groups is 1. The largest absolute Gasteiger partial charge is 0.487 e. The quantitative estimate of drug-likeness (QED) is 0.450. The van der Waals surface area contributed by atoms with E-state index in [9.17, 15) is 22.0 Å². The van der Waals surface area contributed by atoms with E-state index in [1.165, 1.54) is 24.4 Å². The Morgan fingerprint density at radius 1 is 1.03 bits per heavy atom. The van der Waals surface area contributed by atoms with Crippen LogP contribution in [0.5, 0.6) is 5.75 Å². The molecule has 0 aliphatic carbocycles. The normalized spacial score (nSPS) is 13.0. The smallest absolute Gasteiger partial charge is 0.314 e. The predicted molar refractivity (Wildman–Crippen MR) is 129 cm³/mol. The topological polar surface area (TPSA) is 87.5 Å². The molecule has 0 aliphatic heterocycles. The molecule has 0 N–H and O–H groups in total. The van der Waals surface area contributed by atoms with Gasteiger partial charge in [0.1, 0.15) is 0 Å². The second kappa shape index (κ2) is 10.2. The van der Waals surface area contributed by atoms with Crippen LogP contribution in [0.25, 0.3) is 16.8 Å². The maximum absolute atomic E-state index is 13.8.